The fourth-order valence-electron chi connectivity index (χ4n) is 3.16. The highest BCUT2D eigenvalue weighted by Gasteiger charge is 2.19. The first-order valence-electron chi connectivity index (χ1n) is 8.39. The van der Waals surface area contributed by atoms with Gasteiger partial charge in [-0.1, -0.05) is 67.7 Å². The Kier molecular flexibility index (Phi) is 5.50. The minimum Gasteiger partial charge on any atom is -0.257 e. The highest BCUT2D eigenvalue weighted by atomic mass is 32.2. The molecule has 0 amide bonds. The predicted octanol–water partition coefficient (Wildman–Crippen LogP) is 3.91. The minimum atomic E-state index is -3.47. The summed E-state index contributed by atoms with van der Waals surface area (Å²) in [6.45, 7) is 1.91. The Hall–Kier alpha value is -1.47. The number of anilines is 1. The van der Waals surface area contributed by atoms with E-state index in [1.807, 2.05) is 31.2 Å². The lowest BCUT2D eigenvalue weighted by Gasteiger charge is -2.19. The van der Waals surface area contributed by atoms with E-state index in [1.54, 1.807) is 0 Å². The molecule has 0 bridgehead atoms. The third kappa shape index (κ3) is 4.77. The number of nitrogens with one attached hydrogen (secondary N) is 1. The molecule has 1 aromatic carbocycles. The van der Waals surface area contributed by atoms with Crippen LogP contribution in [0.4, 0.5) is 5.13 Å². The van der Waals surface area contributed by atoms with Gasteiger partial charge in [0.25, 0.3) is 0 Å². The van der Waals surface area contributed by atoms with Crippen molar-refractivity contribution in [3.63, 3.8) is 0 Å². The van der Waals surface area contributed by atoms with Gasteiger partial charge in [-0.15, -0.1) is 10.2 Å². The standard InChI is InChI=1S/C17H23N3O2S2/c1-13-7-5-6-10-15(13)12-24(21,22)20-17-19-18-16(23-17)11-14-8-3-2-4-9-14/h5-7,10,14H,2-4,8-9,11-12H2,1H3,(H,19,20). The molecule has 3 rings (SSSR count). The van der Waals surface area contributed by atoms with Crippen molar-refractivity contribution in [1.29, 1.82) is 0 Å². The number of sulfonamides is 1. The molecule has 1 saturated carbocycles. The van der Waals surface area contributed by atoms with Crippen molar-refractivity contribution in [3.05, 3.63) is 40.4 Å². The number of hydrogen-bond donors (Lipinski definition) is 1. The smallest absolute Gasteiger partial charge is 0.238 e. The largest absolute Gasteiger partial charge is 0.257 e. The molecule has 0 atom stereocenters. The SMILES string of the molecule is Cc1ccccc1CS(=O)(=O)Nc1nnc(CC2CCCCC2)s1. The van der Waals surface area contributed by atoms with E-state index < -0.39 is 10.0 Å². The molecule has 2 aromatic rings. The first kappa shape index (κ1) is 17.4. The Bertz CT molecular complexity index is 781. The Morgan fingerprint density at radius 2 is 1.92 bits per heavy atom. The molecule has 1 fully saturated rings. The van der Waals surface area contributed by atoms with E-state index in [0.717, 1.165) is 22.6 Å². The van der Waals surface area contributed by atoms with Crippen molar-refractivity contribution in [2.24, 2.45) is 5.92 Å². The molecule has 1 N–H and O–H groups in total. The summed E-state index contributed by atoms with van der Waals surface area (Å²) in [4.78, 5) is 0. The van der Waals surface area contributed by atoms with E-state index in [0.29, 0.717) is 11.0 Å². The van der Waals surface area contributed by atoms with Crippen molar-refractivity contribution in [2.45, 2.75) is 51.2 Å². The number of aryl methyl sites for hydroxylation is 1. The fraction of sp³-hybridized carbons (Fsp3) is 0.529. The van der Waals surface area contributed by atoms with E-state index in [2.05, 4.69) is 14.9 Å². The lowest BCUT2D eigenvalue weighted by Crippen LogP contribution is -2.15. The number of rotatable bonds is 6. The summed E-state index contributed by atoms with van der Waals surface area (Å²) < 4.78 is 27.3. The molecule has 0 spiro atoms. The number of nitrogens with zero attached hydrogens (tertiary/aromatic N) is 2. The Morgan fingerprint density at radius 3 is 2.67 bits per heavy atom. The molecule has 7 heteroatoms. The van der Waals surface area contributed by atoms with Crippen LogP contribution in [0, 0.1) is 12.8 Å². The maximum Gasteiger partial charge on any atom is 0.238 e. The van der Waals surface area contributed by atoms with Crippen LogP contribution < -0.4 is 4.72 Å². The molecule has 0 radical (unpaired) electrons. The average molecular weight is 366 g/mol. The van der Waals surface area contributed by atoms with E-state index >= 15 is 0 Å². The second-order valence-electron chi connectivity index (χ2n) is 6.50. The second kappa shape index (κ2) is 7.61. The van der Waals surface area contributed by atoms with Gasteiger partial charge in [0, 0.05) is 6.42 Å². The average Bonchev–Trinajstić information content (AvgIpc) is 2.96. The van der Waals surface area contributed by atoms with Gasteiger partial charge >= 0.3 is 0 Å². The van der Waals surface area contributed by atoms with Gasteiger partial charge in [0.1, 0.15) is 5.01 Å². The fourth-order valence-corrected chi connectivity index (χ4v) is 5.53. The molecule has 1 aromatic heterocycles. The third-order valence-electron chi connectivity index (χ3n) is 4.50. The quantitative estimate of drug-likeness (QED) is 0.842. The molecule has 1 aliphatic rings. The first-order valence-corrected chi connectivity index (χ1v) is 10.9. The van der Waals surface area contributed by atoms with Crippen molar-refractivity contribution in [3.8, 4) is 0 Å². The molecule has 0 saturated heterocycles. The van der Waals surface area contributed by atoms with E-state index in [4.69, 9.17) is 0 Å². The van der Waals surface area contributed by atoms with E-state index in [9.17, 15) is 8.42 Å². The molecule has 0 aliphatic heterocycles. The zero-order chi connectivity index (χ0) is 17.0. The molecular weight excluding hydrogens is 342 g/mol. The van der Waals surface area contributed by atoms with Crippen molar-refractivity contribution >= 4 is 26.5 Å². The summed E-state index contributed by atoms with van der Waals surface area (Å²) in [5, 5.41) is 9.47. The predicted molar refractivity (Wildman–Crippen MR) is 97.6 cm³/mol. The van der Waals surface area contributed by atoms with Gasteiger partial charge in [0.05, 0.1) is 5.75 Å². The molecular formula is C17H23N3O2S2. The highest BCUT2D eigenvalue weighted by Crippen LogP contribution is 2.29. The van der Waals surface area contributed by atoms with Crippen LogP contribution >= 0.6 is 11.3 Å². The van der Waals surface area contributed by atoms with Crippen LogP contribution in [-0.2, 0) is 22.2 Å². The summed E-state index contributed by atoms with van der Waals surface area (Å²) >= 11 is 1.36. The molecule has 1 aliphatic carbocycles. The van der Waals surface area contributed by atoms with Gasteiger partial charge < -0.3 is 0 Å². The van der Waals surface area contributed by atoms with Crippen LogP contribution in [0.2, 0.25) is 0 Å². The van der Waals surface area contributed by atoms with E-state index in [1.165, 1.54) is 43.4 Å². The van der Waals surface area contributed by atoms with Crippen LogP contribution in [0.3, 0.4) is 0 Å². The van der Waals surface area contributed by atoms with Crippen molar-refractivity contribution in [1.82, 2.24) is 10.2 Å². The van der Waals surface area contributed by atoms with Gasteiger partial charge in [0.15, 0.2) is 0 Å². The van der Waals surface area contributed by atoms with Crippen LogP contribution in [0.15, 0.2) is 24.3 Å². The monoisotopic (exact) mass is 365 g/mol. The maximum absolute atomic E-state index is 12.3. The van der Waals surface area contributed by atoms with Crippen LogP contribution in [0.1, 0.15) is 48.2 Å². The second-order valence-corrected chi connectivity index (χ2v) is 9.28. The molecule has 5 nitrogen and oxygen atoms in total. The highest BCUT2D eigenvalue weighted by molar-refractivity contribution is 7.92. The van der Waals surface area contributed by atoms with Crippen LogP contribution in [0.5, 0.6) is 0 Å². The summed E-state index contributed by atoms with van der Waals surface area (Å²) in [6, 6.07) is 7.51. The van der Waals surface area contributed by atoms with Gasteiger partial charge in [-0.3, -0.25) is 4.72 Å². The minimum absolute atomic E-state index is 0.0444. The van der Waals surface area contributed by atoms with Gasteiger partial charge in [-0.2, -0.15) is 0 Å². The Balaban J connectivity index is 1.62. The lowest BCUT2D eigenvalue weighted by molar-refractivity contribution is 0.356. The maximum atomic E-state index is 12.3. The van der Waals surface area contributed by atoms with Crippen LogP contribution in [0.25, 0.3) is 0 Å². The lowest BCUT2D eigenvalue weighted by atomic mass is 9.87. The van der Waals surface area contributed by atoms with Gasteiger partial charge in [0.2, 0.25) is 15.2 Å². The summed E-state index contributed by atoms with van der Waals surface area (Å²) in [6.07, 6.45) is 7.31. The van der Waals surface area contributed by atoms with Crippen LogP contribution in [-0.4, -0.2) is 18.6 Å². The first-order chi connectivity index (χ1) is 11.5. The topological polar surface area (TPSA) is 72.0 Å². The number of benzene rings is 1. The third-order valence-corrected chi connectivity index (χ3v) is 6.69. The normalized spacial score (nSPS) is 16.2. The molecule has 130 valence electrons. The summed E-state index contributed by atoms with van der Waals surface area (Å²) in [7, 11) is -3.47. The Morgan fingerprint density at radius 1 is 1.17 bits per heavy atom. The molecule has 24 heavy (non-hydrogen) atoms. The van der Waals surface area contributed by atoms with Crippen molar-refractivity contribution in [2.75, 3.05) is 4.72 Å². The number of hydrogen-bond acceptors (Lipinski definition) is 5. The molecule has 0 unspecified atom stereocenters. The van der Waals surface area contributed by atoms with Crippen molar-refractivity contribution < 1.29 is 8.42 Å². The van der Waals surface area contributed by atoms with E-state index in [-0.39, 0.29) is 5.75 Å². The zero-order valence-corrected chi connectivity index (χ0v) is 15.5. The Labute approximate surface area is 147 Å². The van der Waals surface area contributed by atoms with Gasteiger partial charge in [-0.25, -0.2) is 8.42 Å². The summed E-state index contributed by atoms with van der Waals surface area (Å²) in [5.74, 6) is 0.625. The zero-order valence-electron chi connectivity index (χ0n) is 13.9. The number of aromatic nitrogens is 2. The summed E-state index contributed by atoms with van der Waals surface area (Å²) in [5.41, 5.74) is 1.77. The molecule has 1 heterocycles. The van der Waals surface area contributed by atoms with Gasteiger partial charge in [-0.05, 0) is 24.0 Å².